The quantitative estimate of drug-likeness (QED) is 0.933. The van der Waals surface area contributed by atoms with Crippen LogP contribution in [0.4, 0.5) is 10.1 Å². The fourth-order valence-electron chi connectivity index (χ4n) is 2.21. The monoisotopic (exact) mass is 276 g/mol. The van der Waals surface area contributed by atoms with Gasteiger partial charge in [-0.05, 0) is 37.1 Å². The number of carboxylic acids is 1. The van der Waals surface area contributed by atoms with Crippen LogP contribution in [-0.4, -0.2) is 30.2 Å². The lowest BCUT2D eigenvalue weighted by atomic mass is 10.0. The van der Waals surface area contributed by atoms with Gasteiger partial charge in [-0.1, -0.05) is 0 Å². The summed E-state index contributed by atoms with van der Waals surface area (Å²) in [5.41, 5.74) is 2.63. The molecule has 20 heavy (non-hydrogen) atoms. The molecule has 0 unspecified atom stereocenters. The maximum Gasteiger partial charge on any atom is 0.303 e. The molecule has 0 saturated heterocycles. The van der Waals surface area contributed by atoms with Crippen molar-refractivity contribution < 1.29 is 14.3 Å². The van der Waals surface area contributed by atoms with Gasteiger partial charge < -0.3 is 10.0 Å². The number of rotatable bonds is 4. The largest absolute Gasteiger partial charge is 0.481 e. The second kappa shape index (κ2) is 5.45. The summed E-state index contributed by atoms with van der Waals surface area (Å²) in [5.74, 6) is -1.30. The lowest BCUT2D eigenvalue weighted by Crippen LogP contribution is -2.10. The molecule has 1 aromatic heterocycles. The Labute approximate surface area is 116 Å². The third-order valence-electron chi connectivity index (χ3n) is 3.14. The van der Waals surface area contributed by atoms with Crippen LogP contribution in [0.2, 0.25) is 0 Å². The summed E-state index contributed by atoms with van der Waals surface area (Å²) in [6, 6.07) is 5.09. The van der Waals surface area contributed by atoms with Gasteiger partial charge in [0, 0.05) is 37.3 Å². The fourth-order valence-corrected chi connectivity index (χ4v) is 2.21. The third kappa shape index (κ3) is 2.87. The fraction of sp³-hybridized carbons (Fsp3) is 0.333. The van der Waals surface area contributed by atoms with E-state index in [0.717, 1.165) is 11.4 Å². The highest BCUT2D eigenvalue weighted by atomic mass is 19.1. The van der Waals surface area contributed by atoms with Gasteiger partial charge in [-0.25, -0.2) is 9.37 Å². The first-order valence-electron chi connectivity index (χ1n) is 6.37. The molecular weight excluding hydrogens is 259 g/mol. The summed E-state index contributed by atoms with van der Waals surface area (Å²) in [7, 11) is 3.77. The number of carboxylic acid groups (broad SMARTS) is 1. The third-order valence-corrected chi connectivity index (χ3v) is 3.14. The molecule has 0 radical (unpaired) electrons. The molecule has 0 saturated carbocycles. The Bertz CT molecular complexity index is 668. The normalized spacial score (nSPS) is 10.8. The van der Waals surface area contributed by atoms with Gasteiger partial charge in [-0.15, -0.1) is 0 Å². The maximum absolute atomic E-state index is 14.2. The number of aryl methyl sites for hydroxylation is 2. The van der Waals surface area contributed by atoms with Crippen LogP contribution in [-0.2, 0) is 11.2 Å². The van der Waals surface area contributed by atoms with Crippen LogP contribution in [0.5, 0.6) is 0 Å². The number of hydrogen-bond donors (Lipinski definition) is 1. The number of pyridine rings is 1. The van der Waals surface area contributed by atoms with Crippen LogP contribution in [0.25, 0.3) is 10.9 Å². The average Bonchev–Trinajstić information content (AvgIpc) is 2.36. The molecule has 0 bridgehead atoms. The van der Waals surface area contributed by atoms with Gasteiger partial charge in [0.15, 0.2) is 0 Å². The highest BCUT2D eigenvalue weighted by Gasteiger charge is 2.12. The van der Waals surface area contributed by atoms with E-state index in [2.05, 4.69) is 4.98 Å². The molecule has 106 valence electrons. The lowest BCUT2D eigenvalue weighted by Gasteiger charge is -2.17. The molecule has 0 amide bonds. The Morgan fingerprint density at radius 1 is 1.35 bits per heavy atom. The zero-order valence-electron chi connectivity index (χ0n) is 11.8. The minimum Gasteiger partial charge on any atom is -0.481 e. The molecule has 4 nitrogen and oxygen atoms in total. The molecule has 2 rings (SSSR count). The summed E-state index contributed by atoms with van der Waals surface area (Å²) < 4.78 is 14.2. The van der Waals surface area contributed by atoms with Crippen LogP contribution >= 0.6 is 0 Å². The van der Waals surface area contributed by atoms with Gasteiger partial charge in [0.1, 0.15) is 11.3 Å². The first kappa shape index (κ1) is 14.2. The van der Waals surface area contributed by atoms with Gasteiger partial charge in [-0.2, -0.15) is 0 Å². The SMILES string of the molecule is Cc1cc(N(C)C)c2cc(CCC(=O)O)cc(F)c2n1. The van der Waals surface area contributed by atoms with E-state index >= 15 is 0 Å². The zero-order chi connectivity index (χ0) is 14.9. The molecule has 0 aliphatic rings. The summed E-state index contributed by atoms with van der Waals surface area (Å²) in [5, 5.41) is 9.43. The molecule has 1 heterocycles. The molecule has 0 aliphatic carbocycles. The minimum atomic E-state index is -0.889. The van der Waals surface area contributed by atoms with Crippen LogP contribution < -0.4 is 4.90 Å². The van der Waals surface area contributed by atoms with Crippen LogP contribution in [0.3, 0.4) is 0 Å². The number of hydrogen-bond acceptors (Lipinski definition) is 3. The number of carbonyl (C=O) groups is 1. The number of benzene rings is 1. The summed E-state index contributed by atoms with van der Waals surface area (Å²) in [4.78, 5) is 16.8. The van der Waals surface area contributed by atoms with Gasteiger partial charge in [0.2, 0.25) is 0 Å². The summed E-state index contributed by atoms with van der Waals surface area (Å²) in [6.07, 6.45) is 0.296. The van der Waals surface area contributed by atoms with E-state index in [1.807, 2.05) is 38.1 Å². The molecule has 1 N–H and O–H groups in total. The number of aliphatic carboxylic acids is 1. The molecule has 0 aliphatic heterocycles. The van der Waals surface area contributed by atoms with E-state index in [4.69, 9.17) is 5.11 Å². The predicted molar refractivity (Wildman–Crippen MR) is 76.7 cm³/mol. The van der Waals surface area contributed by atoms with Crippen molar-refractivity contribution in [3.8, 4) is 0 Å². The van der Waals surface area contributed by atoms with E-state index in [1.54, 1.807) is 0 Å². The van der Waals surface area contributed by atoms with E-state index in [-0.39, 0.29) is 6.42 Å². The van der Waals surface area contributed by atoms with E-state index in [1.165, 1.54) is 6.07 Å². The summed E-state index contributed by atoms with van der Waals surface area (Å²) in [6.45, 7) is 1.82. The van der Waals surface area contributed by atoms with Crippen molar-refractivity contribution in [2.24, 2.45) is 0 Å². The molecule has 0 spiro atoms. The number of fused-ring (bicyclic) bond motifs is 1. The van der Waals surface area contributed by atoms with Crippen molar-refractivity contribution in [3.63, 3.8) is 0 Å². The Morgan fingerprint density at radius 2 is 2.05 bits per heavy atom. The van der Waals surface area contributed by atoms with Crippen LogP contribution in [0, 0.1) is 12.7 Å². The summed E-state index contributed by atoms with van der Waals surface area (Å²) >= 11 is 0. The van der Waals surface area contributed by atoms with E-state index in [9.17, 15) is 9.18 Å². The van der Waals surface area contributed by atoms with Gasteiger partial charge in [0.05, 0.1) is 0 Å². The van der Waals surface area contributed by atoms with Crippen molar-refractivity contribution in [1.29, 1.82) is 0 Å². The zero-order valence-corrected chi connectivity index (χ0v) is 11.8. The van der Waals surface area contributed by atoms with Gasteiger partial charge in [-0.3, -0.25) is 4.79 Å². The highest BCUT2D eigenvalue weighted by molar-refractivity contribution is 5.92. The minimum absolute atomic E-state index is 0.0124. The van der Waals surface area contributed by atoms with Crippen molar-refractivity contribution in [1.82, 2.24) is 4.98 Å². The predicted octanol–water partition coefficient (Wildman–Crippen LogP) is 2.77. The second-order valence-electron chi connectivity index (χ2n) is 5.04. The number of nitrogens with zero attached hydrogens (tertiary/aromatic N) is 2. The topological polar surface area (TPSA) is 53.4 Å². The Morgan fingerprint density at radius 3 is 2.65 bits per heavy atom. The number of aromatic nitrogens is 1. The van der Waals surface area contributed by atoms with E-state index < -0.39 is 11.8 Å². The maximum atomic E-state index is 14.2. The highest BCUT2D eigenvalue weighted by Crippen LogP contribution is 2.28. The van der Waals surface area contributed by atoms with Crippen molar-refractivity contribution in [2.45, 2.75) is 19.8 Å². The molecule has 2 aromatic rings. The molecular formula is C15H17FN2O2. The van der Waals surface area contributed by atoms with Gasteiger partial charge in [0.25, 0.3) is 0 Å². The lowest BCUT2D eigenvalue weighted by molar-refractivity contribution is -0.136. The van der Waals surface area contributed by atoms with Crippen molar-refractivity contribution in [2.75, 3.05) is 19.0 Å². The Hall–Kier alpha value is -2.17. The number of anilines is 1. The smallest absolute Gasteiger partial charge is 0.303 e. The number of halogens is 1. The first-order chi connectivity index (χ1) is 9.38. The van der Waals surface area contributed by atoms with Gasteiger partial charge >= 0.3 is 5.97 Å². The Kier molecular flexibility index (Phi) is 3.88. The molecule has 0 atom stereocenters. The first-order valence-corrected chi connectivity index (χ1v) is 6.37. The second-order valence-corrected chi connectivity index (χ2v) is 5.04. The molecule has 5 heteroatoms. The van der Waals surface area contributed by atoms with Crippen LogP contribution in [0.1, 0.15) is 17.7 Å². The average molecular weight is 276 g/mol. The molecule has 0 fully saturated rings. The Balaban J connectivity index is 2.59. The van der Waals surface area contributed by atoms with E-state index in [0.29, 0.717) is 22.9 Å². The van der Waals surface area contributed by atoms with Crippen LogP contribution in [0.15, 0.2) is 18.2 Å². The standard InChI is InChI=1S/C15H17FN2O2/c1-9-6-13(18(2)3)11-7-10(4-5-14(19)20)8-12(16)15(11)17-9/h6-8H,4-5H2,1-3H3,(H,19,20). The molecule has 1 aromatic carbocycles. The van der Waals surface area contributed by atoms with Crippen molar-refractivity contribution in [3.05, 3.63) is 35.3 Å². The van der Waals surface area contributed by atoms with Crippen molar-refractivity contribution >= 4 is 22.6 Å².